The lowest BCUT2D eigenvalue weighted by molar-refractivity contribution is 0.165. The molecule has 5 nitrogen and oxygen atoms in total. The molecular formula is C11H14N2O3. The molecule has 0 amide bonds. The van der Waals surface area contributed by atoms with Crippen molar-refractivity contribution >= 4 is 5.70 Å². The second kappa shape index (κ2) is 4.09. The zero-order chi connectivity index (χ0) is 11.7. The first kappa shape index (κ1) is 10.9. The molecule has 16 heavy (non-hydrogen) atoms. The maximum atomic E-state index is 11.6. The lowest BCUT2D eigenvalue weighted by Crippen LogP contribution is -2.31. The van der Waals surface area contributed by atoms with Gasteiger partial charge in [0, 0.05) is 17.5 Å². The second-order valence-corrected chi connectivity index (χ2v) is 4.07. The largest absolute Gasteiger partial charge is 0.393 e. The first-order valence-electron chi connectivity index (χ1n) is 5.28. The summed E-state index contributed by atoms with van der Waals surface area (Å²) in [6, 6.07) is 0. The fourth-order valence-electron chi connectivity index (χ4n) is 1.81. The zero-order valence-corrected chi connectivity index (χ0v) is 9.06. The molecule has 2 N–H and O–H groups in total. The molecule has 1 aromatic rings. The van der Waals surface area contributed by atoms with Crippen LogP contribution in [0.15, 0.2) is 21.9 Å². The van der Waals surface area contributed by atoms with E-state index in [-0.39, 0.29) is 11.7 Å². The summed E-state index contributed by atoms with van der Waals surface area (Å²) in [6.45, 7) is 1.66. The molecule has 0 radical (unpaired) electrons. The Bertz CT molecular complexity index is 539. The molecular weight excluding hydrogens is 208 g/mol. The van der Waals surface area contributed by atoms with Gasteiger partial charge in [0.1, 0.15) is 0 Å². The Morgan fingerprint density at radius 3 is 2.88 bits per heavy atom. The smallest absolute Gasteiger partial charge is 0.332 e. The highest BCUT2D eigenvalue weighted by atomic mass is 16.3. The Hall–Kier alpha value is -1.62. The summed E-state index contributed by atoms with van der Waals surface area (Å²) in [4.78, 5) is 25.0. The Balaban J connectivity index is 2.45. The first-order chi connectivity index (χ1) is 7.58. The van der Waals surface area contributed by atoms with Crippen LogP contribution in [0.3, 0.4) is 0 Å². The van der Waals surface area contributed by atoms with E-state index >= 15 is 0 Å². The monoisotopic (exact) mass is 222 g/mol. The molecule has 1 aliphatic carbocycles. The summed E-state index contributed by atoms with van der Waals surface area (Å²) < 4.78 is 1.45. The molecule has 0 aromatic carbocycles. The van der Waals surface area contributed by atoms with E-state index in [0.717, 1.165) is 5.70 Å². The highest BCUT2D eigenvalue weighted by Crippen LogP contribution is 2.20. The van der Waals surface area contributed by atoms with Crippen LogP contribution in [0, 0.1) is 6.92 Å². The molecule has 1 aliphatic rings. The number of hydrogen-bond acceptors (Lipinski definition) is 3. The number of hydrogen-bond donors (Lipinski definition) is 2. The summed E-state index contributed by atoms with van der Waals surface area (Å²) >= 11 is 0. The molecule has 0 saturated heterocycles. The molecule has 0 fully saturated rings. The average Bonchev–Trinajstić information content (AvgIpc) is 2.25. The Labute approximate surface area is 92.1 Å². The Morgan fingerprint density at radius 1 is 1.50 bits per heavy atom. The van der Waals surface area contributed by atoms with Gasteiger partial charge in [-0.2, -0.15) is 0 Å². The molecule has 0 unspecified atom stereocenters. The van der Waals surface area contributed by atoms with Crippen LogP contribution < -0.4 is 11.2 Å². The Morgan fingerprint density at radius 2 is 2.25 bits per heavy atom. The van der Waals surface area contributed by atoms with Gasteiger partial charge in [-0.15, -0.1) is 0 Å². The molecule has 0 spiro atoms. The fourth-order valence-corrected chi connectivity index (χ4v) is 1.81. The van der Waals surface area contributed by atoms with Crippen LogP contribution in [0.5, 0.6) is 0 Å². The minimum atomic E-state index is -0.418. The standard InChI is InChI=1S/C11H14N2O3/c1-7-6-13(11(16)12-10(7)15)8-2-4-9(14)5-3-8/h2,6,9,14H,3-5H2,1H3,(H,12,15,16)/t9-/m1/s1. The number of aryl methyl sites for hydroxylation is 1. The highest BCUT2D eigenvalue weighted by molar-refractivity contribution is 5.46. The summed E-state index contributed by atoms with van der Waals surface area (Å²) in [5.74, 6) is 0. The predicted octanol–water partition coefficient (Wildman–Crippen LogP) is 0.231. The lowest BCUT2D eigenvalue weighted by atomic mass is 10.0. The number of allylic oxidation sites excluding steroid dienone is 1. The van der Waals surface area contributed by atoms with Gasteiger partial charge < -0.3 is 5.11 Å². The SMILES string of the molecule is Cc1cn(C2=CC[C@@H](O)CC2)c(=O)[nH]c1=O. The number of nitrogens with zero attached hydrogens (tertiary/aromatic N) is 1. The van der Waals surface area contributed by atoms with Crippen LogP contribution in [0.25, 0.3) is 5.70 Å². The zero-order valence-electron chi connectivity index (χ0n) is 9.06. The van der Waals surface area contributed by atoms with E-state index in [1.54, 1.807) is 13.1 Å². The molecule has 0 bridgehead atoms. The minimum absolute atomic E-state index is 0.316. The van der Waals surface area contributed by atoms with Crippen molar-refractivity contribution in [3.8, 4) is 0 Å². The average molecular weight is 222 g/mol. The molecule has 1 heterocycles. The van der Waals surface area contributed by atoms with Gasteiger partial charge in [-0.1, -0.05) is 6.08 Å². The number of rotatable bonds is 1. The number of aliphatic hydroxyl groups excluding tert-OH is 1. The van der Waals surface area contributed by atoms with Crippen molar-refractivity contribution in [3.05, 3.63) is 38.7 Å². The second-order valence-electron chi connectivity index (χ2n) is 4.07. The normalized spacial score (nSPS) is 20.6. The third kappa shape index (κ3) is 1.99. The van der Waals surface area contributed by atoms with Crippen LogP contribution in [0.4, 0.5) is 0 Å². The van der Waals surface area contributed by atoms with Crippen molar-refractivity contribution in [2.75, 3.05) is 0 Å². The fraction of sp³-hybridized carbons (Fsp3) is 0.455. The summed E-state index contributed by atoms with van der Waals surface area (Å²) in [6.07, 6.45) is 4.92. The van der Waals surface area contributed by atoms with Crippen LogP contribution in [0.2, 0.25) is 0 Å². The van der Waals surface area contributed by atoms with E-state index < -0.39 is 5.69 Å². The van der Waals surface area contributed by atoms with Crippen molar-refractivity contribution in [2.45, 2.75) is 32.3 Å². The Kier molecular flexibility index (Phi) is 2.78. The molecule has 86 valence electrons. The number of nitrogens with one attached hydrogen (secondary N) is 1. The number of aromatic nitrogens is 2. The predicted molar refractivity (Wildman–Crippen MR) is 60.2 cm³/mol. The molecule has 2 rings (SSSR count). The molecule has 0 aliphatic heterocycles. The van der Waals surface area contributed by atoms with Gasteiger partial charge in [-0.05, 0) is 26.2 Å². The van der Waals surface area contributed by atoms with Crippen molar-refractivity contribution < 1.29 is 5.11 Å². The van der Waals surface area contributed by atoms with Gasteiger partial charge in [-0.3, -0.25) is 14.3 Å². The maximum Gasteiger partial charge on any atom is 0.332 e. The summed E-state index contributed by atoms with van der Waals surface area (Å²) in [5, 5.41) is 9.35. The molecule has 1 aromatic heterocycles. The van der Waals surface area contributed by atoms with E-state index in [1.807, 2.05) is 6.08 Å². The van der Waals surface area contributed by atoms with E-state index in [9.17, 15) is 14.7 Å². The van der Waals surface area contributed by atoms with Crippen LogP contribution in [0.1, 0.15) is 24.8 Å². The molecule has 1 atom stereocenters. The van der Waals surface area contributed by atoms with Gasteiger partial charge in [0.25, 0.3) is 5.56 Å². The molecule has 0 saturated carbocycles. The summed E-state index contributed by atoms with van der Waals surface area (Å²) in [5.41, 5.74) is 0.581. The van der Waals surface area contributed by atoms with E-state index in [0.29, 0.717) is 24.8 Å². The number of aliphatic hydroxyl groups is 1. The lowest BCUT2D eigenvalue weighted by Gasteiger charge is -2.18. The summed E-state index contributed by atoms with van der Waals surface area (Å²) in [7, 11) is 0. The van der Waals surface area contributed by atoms with Gasteiger partial charge >= 0.3 is 5.69 Å². The van der Waals surface area contributed by atoms with Crippen molar-refractivity contribution in [2.24, 2.45) is 0 Å². The number of aromatic amines is 1. The minimum Gasteiger partial charge on any atom is -0.393 e. The first-order valence-corrected chi connectivity index (χ1v) is 5.28. The third-order valence-electron chi connectivity index (χ3n) is 2.79. The van der Waals surface area contributed by atoms with Gasteiger partial charge in [0.2, 0.25) is 0 Å². The van der Waals surface area contributed by atoms with Gasteiger partial charge in [0.05, 0.1) is 6.10 Å². The van der Waals surface area contributed by atoms with Crippen LogP contribution >= 0.6 is 0 Å². The quantitative estimate of drug-likeness (QED) is 0.714. The van der Waals surface area contributed by atoms with Crippen molar-refractivity contribution in [1.82, 2.24) is 9.55 Å². The van der Waals surface area contributed by atoms with E-state index in [2.05, 4.69) is 4.98 Å². The highest BCUT2D eigenvalue weighted by Gasteiger charge is 2.14. The van der Waals surface area contributed by atoms with E-state index in [1.165, 1.54) is 4.57 Å². The van der Waals surface area contributed by atoms with Crippen molar-refractivity contribution in [3.63, 3.8) is 0 Å². The topological polar surface area (TPSA) is 75.1 Å². The third-order valence-corrected chi connectivity index (χ3v) is 2.79. The van der Waals surface area contributed by atoms with Crippen LogP contribution in [-0.2, 0) is 0 Å². The number of H-pyrrole nitrogens is 1. The van der Waals surface area contributed by atoms with Crippen LogP contribution in [-0.4, -0.2) is 20.8 Å². The molecule has 5 heteroatoms. The maximum absolute atomic E-state index is 11.6. The van der Waals surface area contributed by atoms with E-state index in [4.69, 9.17) is 0 Å². The van der Waals surface area contributed by atoms with Crippen molar-refractivity contribution in [1.29, 1.82) is 0 Å². The van der Waals surface area contributed by atoms with Gasteiger partial charge in [-0.25, -0.2) is 4.79 Å². The van der Waals surface area contributed by atoms with Gasteiger partial charge in [0.15, 0.2) is 0 Å².